The van der Waals surface area contributed by atoms with Crippen molar-refractivity contribution in [3.05, 3.63) is 65.2 Å². The normalized spacial score (nSPS) is 11.0. The largest absolute Gasteiger partial charge is 0.338 e. The molecule has 0 fully saturated rings. The summed E-state index contributed by atoms with van der Waals surface area (Å²) in [7, 11) is 0. The van der Waals surface area contributed by atoms with Crippen LogP contribution in [0, 0.1) is 0 Å². The molecule has 5 nitrogen and oxygen atoms in total. The minimum absolute atomic E-state index is 0.558. The lowest BCUT2D eigenvalue weighted by atomic mass is 10.2. The Morgan fingerprint density at radius 2 is 1.96 bits per heavy atom. The van der Waals surface area contributed by atoms with Gasteiger partial charge in [-0.15, -0.1) is 0 Å². The summed E-state index contributed by atoms with van der Waals surface area (Å²) >= 11 is 5.00. The fourth-order valence-corrected chi connectivity index (χ4v) is 3.51. The lowest BCUT2D eigenvalue weighted by molar-refractivity contribution is 0.391. The van der Waals surface area contributed by atoms with Crippen LogP contribution in [0.4, 0.5) is 0 Å². The summed E-state index contributed by atoms with van der Waals surface area (Å²) in [6.45, 7) is 0. The third kappa shape index (κ3) is 3.18. The van der Waals surface area contributed by atoms with Crippen LogP contribution in [-0.2, 0) is 5.75 Å². The van der Waals surface area contributed by atoms with Gasteiger partial charge in [0.05, 0.1) is 11.3 Å². The summed E-state index contributed by atoms with van der Waals surface area (Å²) in [5, 5.41) is 5.98. The molecule has 0 bridgehead atoms. The number of nitrogens with zero attached hydrogens (tertiary/aromatic N) is 4. The highest BCUT2D eigenvalue weighted by molar-refractivity contribution is 9.10. The molecule has 7 heteroatoms. The highest BCUT2D eigenvalue weighted by Crippen LogP contribution is 2.27. The smallest absolute Gasteiger partial charge is 0.237 e. The van der Waals surface area contributed by atoms with E-state index in [9.17, 15) is 0 Å². The van der Waals surface area contributed by atoms with Crippen molar-refractivity contribution in [3.63, 3.8) is 0 Å². The van der Waals surface area contributed by atoms with Gasteiger partial charge in [-0.05, 0) is 18.2 Å². The molecule has 4 rings (SSSR count). The van der Waals surface area contributed by atoms with E-state index in [1.54, 1.807) is 18.1 Å². The summed E-state index contributed by atoms with van der Waals surface area (Å²) in [6.07, 6.45) is 1.57. The second-order valence-electron chi connectivity index (χ2n) is 5.01. The van der Waals surface area contributed by atoms with Crippen molar-refractivity contribution in [1.82, 2.24) is 20.1 Å². The van der Waals surface area contributed by atoms with Gasteiger partial charge in [-0.1, -0.05) is 63.2 Å². The number of halogens is 1. The van der Waals surface area contributed by atoms with Gasteiger partial charge < -0.3 is 4.52 Å². The summed E-state index contributed by atoms with van der Waals surface area (Å²) in [5.41, 5.74) is 1.84. The first-order valence-corrected chi connectivity index (χ1v) is 8.98. The van der Waals surface area contributed by atoms with Gasteiger partial charge in [0.1, 0.15) is 11.4 Å². The molecule has 2 heterocycles. The zero-order valence-corrected chi connectivity index (χ0v) is 14.8. The van der Waals surface area contributed by atoms with Gasteiger partial charge in [0.25, 0.3) is 0 Å². The highest BCUT2D eigenvalue weighted by Gasteiger charge is 2.11. The van der Waals surface area contributed by atoms with Crippen LogP contribution in [0.25, 0.3) is 22.3 Å². The SMILES string of the molecule is Brc1cccc(-c2noc(CSc3ncnc4ccccc34)n2)c1. The number of benzene rings is 2. The van der Waals surface area contributed by atoms with E-state index in [1.165, 1.54) is 0 Å². The Balaban J connectivity index is 1.54. The van der Waals surface area contributed by atoms with Crippen LogP contribution in [0.1, 0.15) is 5.89 Å². The van der Waals surface area contributed by atoms with Gasteiger partial charge in [0, 0.05) is 15.4 Å². The molecule has 0 atom stereocenters. The Hall–Kier alpha value is -2.25. The zero-order valence-electron chi connectivity index (χ0n) is 12.4. The molecule has 4 aromatic rings. The van der Waals surface area contributed by atoms with Crippen LogP contribution in [-0.4, -0.2) is 20.1 Å². The summed E-state index contributed by atoms with van der Waals surface area (Å²) in [6, 6.07) is 15.7. The molecule has 0 saturated carbocycles. The minimum atomic E-state index is 0.558. The second-order valence-corrected chi connectivity index (χ2v) is 6.89. The Morgan fingerprint density at radius 3 is 2.88 bits per heavy atom. The highest BCUT2D eigenvalue weighted by atomic mass is 79.9. The standard InChI is InChI=1S/C17H11BrN4OS/c18-12-5-3-4-11(8-12)16-21-15(23-22-16)9-24-17-13-6-1-2-7-14(13)19-10-20-17/h1-8,10H,9H2. The van der Waals surface area contributed by atoms with E-state index < -0.39 is 0 Å². The molecule has 0 unspecified atom stereocenters. The molecule has 0 spiro atoms. The van der Waals surface area contributed by atoms with Gasteiger partial charge >= 0.3 is 0 Å². The van der Waals surface area contributed by atoms with Crippen molar-refractivity contribution in [3.8, 4) is 11.4 Å². The number of rotatable bonds is 4. The Labute approximate surface area is 150 Å². The lowest BCUT2D eigenvalue weighted by Crippen LogP contribution is -1.88. The molecule has 0 aliphatic rings. The van der Waals surface area contributed by atoms with E-state index in [2.05, 4.69) is 36.0 Å². The first-order valence-electron chi connectivity index (χ1n) is 7.21. The molecule has 2 aromatic carbocycles. The first kappa shape index (κ1) is 15.3. The second kappa shape index (κ2) is 6.70. The maximum absolute atomic E-state index is 5.35. The lowest BCUT2D eigenvalue weighted by Gasteiger charge is -2.02. The van der Waals surface area contributed by atoms with Crippen molar-refractivity contribution in [2.45, 2.75) is 10.8 Å². The van der Waals surface area contributed by atoms with Crippen molar-refractivity contribution in [2.24, 2.45) is 0 Å². The van der Waals surface area contributed by atoms with Crippen LogP contribution in [0.3, 0.4) is 0 Å². The van der Waals surface area contributed by atoms with Gasteiger partial charge in [-0.3, -0.25) is 0 Å². The maximum Gasteiger partial charge on any atom is 0.237 e. The zero-order chi connectivity index (χ0) is 16.4. The molecule has 2 aromatic heterocycles. The quantitative estimate of drug-likeness (QED) is 0.365. The van der Waals surface area contributed by atoms with E-state index >= 15 is 0 Å². The fraction of sp³-hybridized carbons (Fsp3) is 0.0588. The number of aromatic nitrogens is 4. The molecule has 24 heavy (non-hydrogen) atoms. The molecule has 0 aliphatic heterocycles. The summed E-state index contributed by atoms with van der Waals surface area (Å²) in [5.74, 6) is 1.71. The average molecular weight is 399 g/mol. The van der Waals surface area contributed by atoms with Gasteiger partial charge in [0.15, 0.2) is 0 Å². The number of hydrogen-bond donors (Lipinski definition) is 0. The molecular weight excluding hydrogens is 388 g/mol. The minimum Gasteiger partial charge on any atom is -0.338 e. The summed E-state index contributed by atoms with van der Waals surface area (Å²) in [4.78, 5) is 13.1. The van der Waals surface area contributed by atoms with Crippen molar-refractivity contribution >= 4 is 38.6 Å². The monoisotopic (exact) mass is 398 g/mol. The van der Waals surface area contributed by atoms with Crippen LogP contribution in [0.5, 0.6) is 0 Å². The number of thioether (sulfide) groups is 1. The Morgan fingerprint density at radius 1 is 1.04 bits per heavy atom. The van der Waals surface area contributed by atoms with Crippen LogP contribution >= 0.6 is 27.7 Å². The van der Waals surface area contributed by atoms with E-state index in [1.807, 2.05) is 48.5 Å². The molecule has 118 valence electrons. The molecule has 0 radical (unpaired) electrons. The van der Waals surface area contributed by atoms with E-state index in [0.717, 1.165) is 26.0 Å². The number of para-hydroxylation sites is 1. The third-order valence-corrected chi connectivity index (χ3v) is 4.87. The summed E-state index contributed by atoms with van der Waals surface area (Å²) < 4.78 is 6.33. The predicted octanol–water partition coefficient (Wildman–Crippen LogP) is 4.73. The van der Waals surface area contributed by atoms with Crippen LogP contribution < -0.4 is 0 Å². The van der Waals surface area contributed by atoms with Crippen molar-refractivity contribution in [1.29, 1.82) is 0 Å². The Kier molecular flexibility index (Phi) is 4.27. The first-order chi connectivity index (χ1) is 11.8. The predicted molar refractivity (Wildman–Crippen MR) is 96.5 cm³/mol. The van der Waals surface area contributed by atoms with E-state index in [0.29, 0.717) is 17.5 Å². The van der Waals surface area contributed by atoms with Crippen LogP contribution in [0.2, 0.25) is 0 Å². The third-order valence-electron chi connectivity index (χ3n) is 3.39. The van der Waals surface area contributed by atoms with E-state index in [4.69, 9.17) is 4.52 Å². The van der Waals surface area contributed by atoms with Crippen LogP contribution in [0.15, 0.2) is 68.9 Å². The number of fused-ring (bicyclic) bond motifs is 1. The fourth-order valence-electron chi connectivity index (χ4n) is 2.28. The van der Waals surface area contributed by atoms with Gasteiger partial charge in [0.2, 0.25) is 11.7 Å². The van der Waals surface area contributed by atoms with Gasteiger partial charge in [-0.25, -0.2) is 9.97 Å². The molecule has 0 aliphatic carbocycles. The molecule has 0 N–H and O–H groups in total. The maximum atomic E-state index is 5.35. The van der Waals surface area contributed by atoms with Crippen molar-refractivity contribution < 1.29 is 4.52 Å². The topological polar surface area (TPSA) is 64.7 Å². The van der Waals surface area contributed by atoms with Crippen molar-refractivity contribution in [2.75, 3.05) is 0 Å². The number of hydrogen-bond acceptors (Lipinski definition) is 6. The molecule has 0 amide bonds. The van der Waals surface area contributed by atoms with E-state index in [-0.39, 0.29) is 0 Å². The average Bonchev–Trinajstić information content (AvgIpc) is 3.09. The Bertz CT molecular complexity index is 999. The van der Waals surface area contributed by atoms with Gasteiger partial charge in [-0.2, -0.15) is 4.98 Å². The molecule has 0 saturated heterocycles. The molecular formula is C17H11BrN4OS.